The summed E-state index contributed by atoms with van der Waals surface area (Å²) >= 11 is 12.2. The molecule has 0 bridgehead atoms. The van der Waals surface area contributed by atoms with E-state index in [4.69, 9.17) is 23.2 Å². The van der Waals surface area contributed by atoms with Gasteiger partial charge in [-0.1, -0.05) is 23.2 Å². The molecule has 2 aromatic carbocycles. The Morgan fingerprint density at radius 1 is 1.12 bits per heavy atom. The number of halogens is 2. The molecule has 1 aromatic heterocycles. The first-order valence-corrected chi connectivity index (χ1v) is 9.38. The van der Waals surface area contributed by atoms with E-state index in [0.717, 1.165) is 42.7 Å². The minimum absolute atomic E-state index is 0.0544. The Kier molecular flexibility index (Phi) is 4.90. The maximum Gasteiger partial charge on any atom is 0.255 e. The fourth-order valence-electron chi connectivity index (χ4n) is 3.57. The number of hydrogen-bond acceptors (Lipinski definition) is 3. The van der Waals surface area contributed by atoms with Crippen LogP contribution in [0.2, 0.25) is 10.0 Å². The van der Waals surface area contributed by atoms with Gasteiger partial charge in [0, 0.05) is 53.0 Å². The average molecular weight is 388 g/mol. The second-order valence-electron chi connectivity index (χ2n) is 6.75. The summed E-state index contributed by atoms with van der Waals surface area (Å²) in [5, 5.41) is 6.59. The third-order valence-electron chi connectivity index (χ3n) is 4.75. The minimum atomic E-state index is -0.0544. The van der Waals surface area contributed by atoms with Crippen LogP contribution in [0.4, 0.5) is 5.69 Å². The monoisotopic (exact) mass is 387 g/mol. The number of nitrogens with one attached hydrogen (secondary N) is 2. The van der Waals surface area contributed by atoms with Crippen LogP contribution < -0.4 is 10.9 Å². The summed E-state index contributed by atoms with van der Waals surface area (Å²) in [6, 6.07) is 13.9. The molecule has 4 nitrogen and oxygen atoms in total. The van der Waals surface area contributed by atoms with Crippen molar-refractivity contribution in [1.29, 1.82) is 0 Å². The first kappa shape index (κ1) is 17.4. The lowest BCUT2D eigenvalue weighted by molar-refractivity contribution is 0.328. The van der Waals surface area contributed by atoms with Gasteiger partial charge in [-0.2, -0.15) is 0 Å². The maximum atomic E-state index is 11.8. The summed E-state index contributed by atoms with van der Waals surface area (Å²) in [5.41, 5.74) is 2.12. The van der Waals surface area contributed by atoms with E-state index in [2.05, 4.69) is 15.2 Å². The molecule has 3 aromatic rings. The van der Waals surface area contributed by atoms with Crippen molar-refractivity contribution in [3.05, 3.63) is 74.6 Å². The van der Waals surface area contributed by atoms with E-state index in [1.807, 2.05) is 36.4 Å². The van der Waals surface area contributed by atoms with Gasteiger partial charge in [-0.15, -0.1) is 0 Å². The van der Waals surface area contributed by atoms with Crippen molar-refractivity contribution in [1.82, 2.24) is 9.88 Å². The maximum absolute atomic E-state index is 11.8. The van der Waals surface area contributed by atoms with Crippen molar-refractivity contribution in [3.63, 3.8) is 0 Å². The van der Waals surface area contributed by atoms with Crippen LogP contribution in [0.15, 0.2) is 53.5 Å². The number of fused-ring (bicyclic) bond motifs is 1. The first-order valence-electron chi connectivity index (χ1n) is 8.62. The van der Waals surface area contributed by atoms with E-state index in [1.54, 1.807) is 12.3 Å². The molecular formula is C20H19Cl2N3O. The van der Waals surface area contributed by atoms with E-state index in [9.17, 15) is 4.79 Å². The normalized spacial score (nSPS) is 17.7. The summed E-state index contributed by atoms with van der Waals surface area (Å²) in [6.45, 7) is 2.82. The number of aromatic nitrogens is 1. The van der Waals surface area contributed by atoms with E-state index >= 15 is 0 Å². The second kappa shape index (κ2) is 7.31. The standard InChI is InChI=1S/C20H19Cl2N3O/c21-15-7-13(8-16(22)10-15)11-25-6-4-18(12-25)24-17-1-2-19-14(9-17)3-5-23-20(19)26/h1-3,5,7-10,18,24H,4,6,11-12H2,(H,23,26). The number of aromatic amines is 1. The van der Waals surface area contributed by atoms with Crippen LogP contribution in [0.1, 0.15) is 12.0 Å². The predicted octanol–water partition coefficient (Wildman–Crippen LogP) is 4.52. The Bertz CT molecular complexity index is 982. The topological polar surface area (TPSA) is 48.1 Å². The number of anilines is 1. The Morgan fingerprint density at radius 3 is 2.73 bits per heavy atom. The number of rotatable bonds is 4. The van der Waals surface area contributed by atoms with Crippen molar-refractivity contribution in [3.8, 4) is 0 Å². The zero-order valence-corrected chi connectivity index (χ0v) is 15.6. The van der Waals surface area contributed by atoms with Gasteiger partial charge in [0.1, 0.15) is 0 Å². The van der Waals surface area contributed by atoms with Crippen LogP contribution >= 0.6 is 23.2 Å². The summed E-state index contributed by atoms with van der Waals surface area (Å²) in [4.78, 5) is 16.9. The molecule has 4 rings (SSSR count). The number of likely N-dealkylation sites (tertiary alicyclic amines) is 1. The fourth-order valence-corrected chi connectivity index (χ4v) is 4.14. The highest BCUT2D eigenvalue weighted by atomic mass is 35.5. The quantitative estimate of drug-likeness (QED) is 0.691. The van der Waals surface area contributed by atoms with Gasteiger partial charge < -0.3 is 10.3 Å². The molecule has 1 atom stereocenters. The third kappa shape index (κ3) is 3.88. The van der Waals surface area contributed by atoms with Crippen LogP contribution in [0.3, 0.4) is 0 Å². The molecule has 2 heterocycles. The summed E-state index contributed by atoms with van der Waals surface area (Å²) < 4.78 is 0. The lowest BCUT2D eigenvalue weighted by Gasteiger charge is -2.18. The summed E-state index contributed by atoms with van der Waals surface area (Å²) in [7, 11) is 0. The zero-order valence-electron chi connectivity index (χ0n) is 14.1. The molecule has 1 unspecified atom stereocenters. The predicted molar refractivity (Wildman–Crippen MR) is 108 cm³/mol. The van der Waals surface area contributed by atoms with E-state index in [-0.39, 0.29) is 5.56 Å². The Hall–Kier alpha value is -2.01. The van der Waals surface area contributed by atoms with Crippen LogP contribution in [-0.4, -0.2) is 29.0 Å². The molecule has 2 N–H and O–H groups in total. The molecule has 134 valence electrons. The van der Waals surface area contributed by atoms with Crippen LogP contribution in [-0.2, 0) is 6.54 Å². The van der Waals surface area contributed by atoms with E-state index in [1.165, 1.54) is 0 Å². The molecule has 1 fully saturated rings. The molecule has 1 aliphatic heterocycles. The highest BCUT2D eigenvalue weighted by molar-refractivity contribution is 6.34. The summed E-state index contributed by atoms with van der Waals surface area (Å²) in [5.74, 6) is 0. The van der Waals surface area contributed by atoms with Crippen molar-refractivity contribution < 1.29 is 0 Å². The fraction of sp³-hybridized carbons (Fsp3) is 0.250. The number of H-pyrrole nitrogens is 1. The second-order valence-corrected chi connectivity index (χ2v) is 7.62. The van der Waals surface area contributed by atoms with Gasteiger partial charge in [0.2, 0.25) is 0 Å². The zero-order chi connectivity index (χ0) is 18.1. The highest BCUT2D eigenvalue weighted by Crippen LogP contribution is 2.23. The number of benzene rings is 2. The Morgan fingerprint density at radius 2 is 1.92 bits per heavy atom. The third-order valence-corrected chi connectivity index (χ3v) is 5.18. The molecule has 6 heteroatoms. The van der Waals surface area contributed by atoms with Gasteiger partial charge in [-0.3, -0.25) is 9.69 Å². The Labute approximate surface area is 161 Å². The van der Waals surface area contributed by atoms with Crippen LogP contribution in [0.5, 0.6) is 0 Å². The number of pyridine rings is 1. The molecule has 0 amide bonds. The van der Waals surface area contributed by atoms with Crippen molar-refractivity contribution in [2.45, 2.75) is 19.0 Å². The van der Waals surface area contributed by atoms with Crippen LogP contribution in [0.25, 0.3) is 10.8 Å². The lowest BCUT2D eigenvalue weighted by atomic mass is 10.1. The Balaban J connectivity index is 1.42. The molecule has 0 radical (unpaired) electrons. The van der Waals surface area contributed by atoms with Crippen LogP contribution in [0, 0.1) is 0 Å². The first-order chi connectivity index (χ1) is 12.6. The van der Waals surface area contributed by atoms with Crippen molar-refractivity contribution in [2.75, 3.05) is 18.4 Å². The molecule has 0 spiro atoms. The van der Waals surface area contributed by atoms with Gasteiger partial charge in [0.05, 0.1) is 0 Å². The largest absolute Gasteiger partial charge is 0.381 e. The SMILES string of the molecule is O=c1[nH]ccc2cc(NC3CCN(Cc4cc(Cl)cc(Cl)c4)C3)ccc12. The van der Waals surface area contributed by atoms with Crippen molar-refractivity contribution >= 4 is 39.7 Å². The molecule has 0 saturated carbocycles. The molecule has 0 aliphatic carbocycles. The van der Waals surface area contributed by atoms with Gasteiger partial charge in [0.15, 0.2) is 0 Å². The summed E-state index contributed by atoms with van der Waals surface area (Å²) in [6.07, 6.45) is 2.75. The van der Waals surface area contributed by atoms with Gasteiger partial charge >= 0.3 is 0 Å². The molecule has 1 saturated heterocycles. The number of nitrogens with zero attached hydrogens (tertiary/aromatic N) is 1. The smallest absolute Gasteiger partial charge is 0.255 e. The van der Waals surface area contributed by atoms with Gasteiger partial charge in [0.25, 0.3) is 5.56 Å². The van der Waals surface area contributed by atoms with Gasteiger partial charge in [-0.25, -0.2) is 0 Å². The lowest BCUT2D eigenvalue weighted by Crippen LogP contribution is -2.26. The molecule has 26 heavy (non-hydrogen) atoms. The number of hydrogen-bond donors (Lipinski definition) is 2. The molecular weight excluding hydrogens is 369 g/mol. The van der Waals surface area contributed by atoms with Crippen molar-refractivity contribution in [2.24, 2.45) is 0 Å². The van der Waals surface area contributed by atoms with E-state index < -0.39 is 0 Å². The average Bonchev–Trinajstić information content (AvgIpc) is 3.01. The molecule has 1 aliphatic rings. The van der Waals surface area contributed by atoms with Gasteiger partial charge in [-0.05, 0) is 59.8 Å². The highest BCUT2D eigenvalue weighted by Gasteiger charge is 2.22. The van der Waals surface area contributed by atoms with E-state index in [0.29, 0.717) is 21.5 Å². The minimum Gasteiger partial charge on any atom is -0.381 e.